The van der Waals surface area contributed by atoms with Gasteiger partial charge in [0, 0.05) is 6.42 Å². The van der Waals surface area contributed by atoms with E-state index in [4.69, 9.17) is 11.6 Å². The summed E-state index contributed by atoms with van der Waals surface area (Å²) in [5.74, 6) is 0.196. The number of ketones is 1. The van der Waals surface area contributed by atoms with Gasteiger partial charge in [-0.3, -0.25) is 4.79 Å². The molecule has 2 heteroatoms. The van der Waals surface area contributed by atoms with Crippen LogP contribution in [0.1, 0.15) is 33.1 Å². The predicted octanol–water partition coefficient (Wildman–Crippen LogP) is 2.37. The first-order valence-electron chi connectivity index (χ1n) is 3.77. The van der Waals surface area contributed by atoms with Gasteiger partial charge in [0.2, 0.25) is 0 Å². The summed E-state index contributed by atoms with van der Waals surface area (Å²) < 4.78 is 0. The van der Waals surface area contributed by atoms with Crippen molar-refractivity contribution in [2.75, 3.05) is 0 Å². The van der Waals surface area contributed by atoms with Gasteiger partial charge in [0.1, 0.15) is 0 Å². The molecule has 0 radical (unpaired) electrons. The summed E-state index contributed by atoms with van der Waals surface area (Å²) in [5.41, 5.74) is 0.147. The van der Waals surface area contributed by atoms with Crippen molar-refractivity contribution in [1.82, 2.24) is 0 Å². The highest BCUT2D eigenvalue weighted by atomic mass is 35.5. The minimum atomic E-state index is -0.225. The van der Waals surface area contributed by atoms with Crippen molar-refractivity contribution < 1.29 is 4.79 Å². The molecule has 0 bridgehead atoms. The molecule has 58 valence electrons. The Labute approximate surface area is 66.8 Å². The van der Waals surface area contributed by atoms with E-state index >= 15 is 0 Å². The number of alkyl halides is 1. The van der Waals surface area contributed by atoms with E-state index in [9.17, 15) is 4.79 Å². The number of rotatable bonds is 3. The number of halogens is 1. The van der Waals surface area contributed by atoms with Gasteiger partial charge in [-0.15, -0.1) is 11.6 Å². The van der Waals surface area contributed by atoms with E-state index in [-0.39, 0.29) is 16.6 Å². The first-order valence-corrected chi connectivity index (χ1v) is 4.20. The number of carbonyl (C=O) groups excluding carboxylic acids is 1. The molecule has 0 amide bonds. The van der Waals surface area contributed by atoms with E-state index in [1.807, 2.05) is 6.92 Å². The lowest BCUT2D eigenvalue weighted by Gasteiger charge is -2.13. The van der Waals surface area contributed by atoms with E-state index in [0.717, 1.165) is 12.8 Å². The van der Waals surface area contributed by atoms with Crippen LogP contribution in [0.3, 0.4) is 0 Å². The molecule has 0 aromatic rings. The largest absolute Gasteiger partial charge is 0.298 e. The van der Waals surface area contributed by atoms with Crippen molar-refractivity contribution in [3.8, 4) is 0 Å². The molecule has 0 spiro atoms. The minimum absolute atomic E-state index is 0.147. The predicted molar refractivity (Wildman–Crippen MR) is 42.3 cm³/mol. The first kappa shape index (κ1) is 8.06. The second-order valence-corrected chi connectivity index (χ2v) is 3.77. The van der Waals surface area contributed by atoms with Crippen LogP contribution in [0.2, 0.25) is 0 Å². The molecular formula is C8H13ClO. The summed E-state index contributed by atoms with van der Waals surface area (Å²) in [5, 5.41) is -0.225. The molecule has 1 unspecified atom stereocenters. The molecular weight excluding hydrogens is 148 g/mol. The van der Waals surface area contributed by atoms with Crippen LogP contribution in [0.5, 0.6) is 0 Å². The fraction of sp³-hybridized carbons (Fsp3) is 0.875. The van der Waals surface area contributed by atoms with Gasteiger partial charge in [-0.1, -0.05) is 13.8 Å². The van der Waals surface area contributed by atoms with Gasteiger partial charge >= 0.3 is 0 Å². The molecule has 0 aromatic heterocycles. The van der Waals surface area contributed by atoms with Gasteiger partial charge in [-0.2, -0.15) is 0 Å². The summed E-state index contributed by atoms with van der Waals surface area (Å²) in [6.07, 6.45) is 2.81. The lowest BCUT2D eigenvalue weighted by atomic mass is 10.0. The van der Waals surface area contributed by atoms with Crippen LogP contribution >= 0.6 is 11.6 Å². The van der Waals surface area contributed by atoms with Gasteiger partial charge in [0.15, 0.2) is 5.78 Å². The quantitative estimate of drug-likeness (QED) is 0.580. The number of Topliss-reactive ketones (excluding diaryl/α,β-unsaturated/α-hetero) is 1. The monoisotopic (exact) mass is 160 g/mol. The van der Waals surface area contributed by atoms with Crippen molar-refractivity contribution in [2.45, 2.75) is 38.5 Å². The summed E-state index contributed by atoms with van der Waals surface area (Å²) in [6, 6.07) is 0. The Hall–Kier alpha value is -0.0400. The van der Waals surface area contributed by atoms with Gasteiger partial charge < -0.3 is 0 Å². The zero-order valence-corrected chi connectivity index (χ0v) is 7.24. The second kappa shape index (κ2) is 2.54. The zero-order valence-electron chi connectivity index (χ0n) is 6.48. The van der Waals surface area contributed by atoms with Gasteiger partial charge in [0.05, 0.1) is 5.38 Å². The minimum Gasteiger partial charge on any atom is -0.298 e. The van der Waals surface area contributed by atoms with Gasteiger partial charge in [-0.05, 0) is 18.3 Å². The Morgan fingerprint density at radius 2 is 2.20 bits per heavy atom. The van der Waals surface area contributed by atoms with E-state index in [2.05, 4.69) is 6.92 Å². The van der Waals surface area contributed by atoms with Crippen LogP contribution in [-0.4, -0.2) is 11.2 Å². The Morgan fingerprint density at radius 1 is 1.70 bits per heavy atom. The maximum absolute atomic E-state index is 11.1. The number of hydrogen-bond donors (Lipinski definition) is 0. The average molecular weight is 161 g/mol. The molecule has 0 aliphatic heterocycles. The van der Waals surface area contributed by atoms with Crippen LogP contribution in [0.4, 0.5) is 0 Å². The van der Waals surface area contributed by atoms with E-state index in [1.54, 1.807) is 0 Å². The molecule has 1 aliphatic carbocycles. The molecule has 0 N–H and O–H groups in total. The van der Waals surface area contributed by atoms with Crippen molar-refractivity contribution in [3.63, 3.8) is 0 Å². The molecule has 0 heterocycles. The van der Waals surface area contributed by atoms with Crippen LogP contribution in [0, 0.1) is 5.41 Å². The SMILES string of the molecule is CCC(=O)C(Cl)C1(C)CC1. The van der Waals surface area contributed by atoms with E-state index < -0.39 is 0 Å². The number of hydrogen-bond acceptors (Lipinski definition) is 1. The third-order valence-electron chi connectivity index (χ3n) is 2.28. The molecule has 1 atom stereocenters. The molecule has 0 aromatic carbocycles. The molecule has 1 rings (SSSR count). The highest BCUT2D eigenvalue weighted by molar-refractivity contribution is 6.31. The van der Waals surface area contributed by atoms with Gasteiger partial charge in [0.25, 0.3) is 0 Å². The van der Waals surface area contributed by atoms with E-state index in [1.165, 1.54) is 0 Å². The summed E-state index contributed by atoms with van der Waals surface area (Å²) in [4.78, 5) is 11.1. The highest BCUT2D eigenvalue weighted by Crippen LogP contribution is 2.50. The zero-order chi connectivity index (χ0) is 7.78. The standard InChI is InChI=1S/C8H13ClO/c1-3-6(10)7(9)8(2)4-5-8/h7H,3-5H2,1-2H3. The smallest absolute Gasteiger partial charge is 0.150 e. The molecule has 1 fully saturated rings. The molecule has 10 heavy (non-hydrogen) atoms. The molecule has 1 aliphatic rings. The number of carbonyl (C=O) groups is 1. The van der Waals surface area contributed by atoms with Crippen LogP contribution in [0.25, 0.3) is 0 Å². The van der Waals surface area contributed by atoms with Gasteiger partial charge in [-0.25, -0.2) is 0 Å². The topological polar surface area (TPSA) is 17.1 Å². The highest BCUT2D eigenvalue weighted by Gasteiger charge is 2.46. The third-order valence-corrected chi connectivity index (χ3v) is 3.05. The maximum atomic E-state index is 11.1. The Morgan fingerprint density at radius 3 is 2.50 bits per heavy atom. The first-order chi connectivity index (χ1) is 4.60. The molecule has 1 saturated carbocycles. The third kappa shape index (κ3) is 1.34. The lowest BCUT2D eigenvalue weighted by Crippen LogP contribution is -2.22. The van der Waals surface area contributed by atoms with Crippen molar-refractivity contribution in [3.05, 3.63) is 0 Å². The fourth-order valence-corrected chi connectivity index (χ4v) is 1.39. The molecule has 1 nitrogen and oxygen atoms in total. The lowest BCUT2D eigenvalue weighted by molar-refractivity contribution is -0.119. The van der Waals surface area contributed by atoms with Crippen molar-refractivity contribution >= 4 is 17.4 Å². The second-order valence-electron chi connectivity index (χ2n) is 3.34. The summed E-state index contributed by atoms with van der Waals surface area (Å²) >= 11 is 5.92. The Balaban J connectivity index is 2.48. The Bertz CT molecular complexity index is 149. The average Bonchev–Trinajstić information content (AvgIpc) is 2.66. The Kier molecular flexibility index (Phi) is 2.04. The maximum Gasteiger partial charge on any atom is 0.150 e. The summed E-state index contributed by atoms with van der Waals surface area (Å²) in [6.45, 7) is 3.95. The van der Waals surface area contributed by atoms with Crippen LogP contribution < -0.4 is 0 Å². The fourth-order valence-electron chi connectivity index (χ4n) is 1.02. The van der Waals surface area contributed by atoms with Crippen molar-refractivity contribution in [1.29, 1.82) is 0 Å². The van der Waals surface area contributed by atoms with Crippen LogP contribution in [0.15, 0.2) is 0 Å². The summed E-state index contributed by atoms with van der Waals surface area (Å²) in [7, 11) is 0. The van der Waals surface area contributed by atoms with Crippen molar-refractivity contribution in [2.24, 2.45) is 5.41 Å². The van der Waals surface area contributed by atoms with E-state index in [0.29, 0.717) is 6.42 Å². The van der Waals surface area contributed by atoms with Crippen LogP contribution in [-0.2, 0) is 4.79 Å². The molecule has 0 saturated heterocycles. The normalized spacial score (nSPS) is 23.9.